The van der Waals surface area contributed by atoms with Crippen molar-refractivity contribution in [1.82, 2.24) is 14.9 Å². The van der Waals surface area contributed by atoms with Gasteiger partial charge in [0.2, 0.25) is 5.91 Å². The van der Waals surface area contributed by atoms with Crippen molar-refractivity contribution in [3.63, 3.8) is 0 Å². The van der Waals surface area contributed by atoms with Crippen LogP contribution in [-0.2, 0) is 11.3 Å². The molecule has 2 aromatic heterocycles. The van der Waals surface area contributed by atoms with Gasteiger partial charge in [-0.3, -0.25) is 14.2 Å². The summed E-state index contributed by atoms with van der Waals surface area (Å²) in [5.74, 6) is -0.153. The molecule has 19 heavy (non-hydrogen) atoms. The molecule has 0 aliphatic carbocycles. The number of rotatable bonds is 5. The van der Waals surface area contributed by atoms with Crippen molar-refractivity contribution in [1.29, 1.82) is 0 Å². The molecular weight excluding hydrogens is 262 g/mol. The Morgan fingerprint density at radius 3 is 3.11 bits per heavy atom. The number of carbonyl (C=O) groups excluding carboxylic acids is 1. The fourth-order valence-corrected chi connectivity index (χ4v) is 2.71. The van der Waals surface area contributed by atoms with Crippen molar-refractivity contribution in [3.05, 3.63) is 28.1 Å². The van der Waals surface area contributed by atoms with Crippen LogP contribution < -0.4 is 10.9 Å². The zero-order chi connectivity index (χ0) is 13.8. The zero-order valence-corrected chi connectivity index (χ0v) is 11.9. The van der Waals surface area contributed by atoms with Crippen LogP contribution in [0.4, 0.5) is 0 Å². The average molecular weight is 279 g/mol. The topological polar surface area (TPSA) is 64.0 Å². The summed E-state index contributed by atoms with van der Waals surface area (Å²) < 4.78 is 1.35. The Morgan fingerprint density at radius 2 is 2.37 bits per heavy atom. The van der Waals surface area contributed by atoms with Gasteiger partial charge < -0.3 is 5.32 Å². The van der Waals surface area contributed by atoms with Crippen LogP contribution in [0.5, 0.6) is 0 Å². The summed E-state index contributed by atoms with van der Waals surface area (Å²) in [6, 6.07) is 1.87. The second-order valence-electron chi connectivity index (χ2n) is 4.57. The predicted octanol–water partition coefficient (Wildman–Crippen LogP) is 1.76. The van der Waals surface area contributed by atoms with Crippen LogP contribution in [0.1, 0.15) is 26.7 Å². The smallest absolute Gasteiger partial charge is 0.262 e. The first kappa shape index (κ1) is 13.7. The Morgan fingerprint density at radius 1 is 1.58 bits per heavy atom. The van der Waals surface area contributed by atoms with Crippen LogP contribution in [0, 0.1) is 0 Å². The van der Waals surface area contributed by atoms with E-state index in [1.54, 1.807) is 6.07 Å². The van der Waals surface area contributed by atoms with Crippen molar-refractivity contribution >= 4 is 27.5 Å². The SMILES string of the molecule is CCCC(C)NC(=O)Cn1cnc2sccc2c1=O. The van der Waals surface area contributed by atoms with Crippen LogP contribution in [-0.4, -0.2) is 21.5 Å². The molecule has 102 valence electrons. The van der Waals surface area contributed by atoms with Gasteiger partial charge in [0.25, 0.3) is 5.56 Å². The van der Waals surface area contributed by atoms with E-state index in [0.29, 0.717) is 10.2 Å². The molecule has 0 saturated carbocycles. The van der Waals surface area contributed by atoms with Gasteiger partial charge in [-0.25, -0.2) is 4.98 Å². The van der Waals surface area contributed by atoms with Gasteiger partial charge in [-0.05, 0) is 24.8 Å². The second kappa shape index (κ2) is 5.97. The van der Waals surface area contributed by atoms with Gasteiger partial charge in [0.15, 0.2) is 0 Å². The summed E-state index contributed by atoms with van der Waals surface area (Å²) in [6.07, 6.45) is 3.39. The Labute approximate surface area is 115 Å². The fraction of sp³-hybridized carbons (Fsp3) is 0.462. The monoisotopic (exact) mass is 279 g/mol. The third kappa shape index (κ3) is 3.20. The molecule has 2 aromatic rings. The lowest BCUT2D eigenvalue weighted by Gasteiger charge is -2.13. The van der Waals surface area contributed by atoms with E-state index in [9.17, 15) is 9.59 Å². The first-order chi connectivity index (χ1) is 9.11. The van der Waals surface area contributed by atoms with E-state index in [4.69, 9.17) is 0 Å². The van der Waals surface area contributed by atoms with E-state index in [2.05, 4.69) is 17.2 Å². The Kier molecular flexibility index (Phi) is 4.31. The molecule has 1 unspecified atom stereocenters. The van der Waals surface area contributed by atoms with Crippen molar-refractivity contribution in [2.24, 2.45) is 0 Å². The molecule has 2 heterocycles. The van der Waals surface area contributed by atoms with Crippen molar-refractivity contribution in [2.75, 3.05) is 0 Å². The maximum Gasteiger partial charge on any atom is 0.262 e. The molecule has 0 aromatic carbocycles. The molecule has 1 amide bonds. The summed E-state index contributed by atoms with van der Waals surface area (Å²) in [6.45, 7) is 4.05. The molecule has 0 saturated heterocycles. The van der Waals surface area contributed by atoms with Gasteiger partial charge in [0.1, 0.15) is 11.4 Å². The Hall–Kier alpha value is -1.69. The van der Waals surface area contributed by atoms with Crippen molar-refractivity contribution in [2.45, 2.75) is 39.3 Å². The van der Waals surface area contributed by atoms with E-state index < -0.39 is 0 Å². The lowest BCUT2D eigenvalue weighted by atomic mass is 10.2. The van der Waals surface area contributed by atoms with Crippen LogP contribution in [0.2, 0.25) is 0 Å². The molecule has 0 bridgehead atoms. The van der Waals surface area contributed by atoms with Crippen LogP contribution in [0.25, 0.3) is 10.2 Å². The summed E-state index contributed by atoms with van der Waals surface area (Å²) in [5.41, 5.74) is -0.162. The number of aromatic nitrogens is 2. The highest BCUT2D eigenvalue weighted by Crippen LogP contribution is 2.13. The number of amides is 1. The van der Waals surface area contributed by atoms with Crippen LogP contribution in [0.15, 0.2) is 22.6 Å². The summed E-state index contributed by atoms with van der Waals surface area (Å²) >= 11 is 1.42. The molecule has 0 aliphatic heterocycles. The summed E-state index contributed by atoms with van der Waals surface area (Å²) in [5, 5.41) is 5.27. The lowest BCUT2D eigenvalue weighted by molar-refractivity contribution is -0.122. The maximum absolute atomic E-state index is 12.1. The molecule has 6 heteroatoms. The number of hydrogen-bond acceptors (Lipinski definition) is 4. The highest BCUT2D eigenvalue weighted by atomic mass is 32.1. The van der Waals surface area contributed by atoms with Crippen molar-refractivity contribution < 1.29 is 4.79 Å². The van der Waals surface area contributed by atoms with E-state index in [-0.39, 0.29) is 24.1 Å². The van der Waals surface area contributed by atoms with Crippen LogP contribution >= 0.6 is 11.3 Å². The molecule has 1 N–H and O–H groups in total. The van der Waals surface area contributed by atoms with E-state index >= 15 is 0 Å². The van der Waals surface area contributed by atoms with E-state index in [1.165, 1.54) is 22.2 Å². The molecule has 1 atom stereocenters. The standard InChI is InChI=1S/C13H17N3O2S/c1-3-4-9(2)15-11(17)7-16-8-14-12-10(13(16)18)5-6-19-12/h5-6,8-9H,3-4,7H2,1-2H3,(H,15,17). The summed E-state index contributed by atoms with van der Waals surface area (Å²) in [4.78, 5) is 28.8. The molecule has 2 rings (SSSR count). The predicted molar refractivity (Wildman–Crippen MR) is 76.4 cm³/mol. The largest absolute Gasteiger partial charge is 0.352 e. The fourth-order valence-electron chi connectivity index (χ4n) is 1.99. The molecule has 0 fully saturated rings. The summed E-state index contributed by atoms with van der Waals surface area (Å²) in [7, 11) is 0. The highest BCUT2D eigenvalue weighted by Gasteiger charge is 2.10. The van der Waals surface area contributed by atoms with Gasteiger partial charge >= 0.3 is 0 Å². The van der Waals surface area contributed by atoms with Gasteiger partial charge in [-0.15, -0.1) is 11.3 Å². The molecule has 5 nitrogen and oxygen atoms in total. The second-order valence-corrected chi connectivity index (χ2v) is 5.47. The first-order valence-electron chi connectivity index (χ1n) is 6.33. The minimum atomic E-state index is -0.162. The quantitative estimate of drug-likeness (QED) is 0.907. The van der Waals surface area contributed by atoms with Gasteiger partial charge in [-0.1, -0.05) is 13.3 Å². The zero-order valence-electron chi connectivity index (χ0n) is 11.0. The molecule has 0 radical (unpaired) electrons. The Balaban J connectivity index is 2.11. The average Bonchev–Trinajstić information content (AvgIpc) is 2.82. The number of thiophene rings is 1. The minimum Gasteiger partial charge on any atom is -0.352 e. The third-order valence-corrected chi connectivity index (χ3v) is 3.71. The van der Waals surface area contributed by atoms with Gasteiger partial charge in [0, 0.05) is 6.04 Å². The van der Waals surface area contributed by atoms with Crippen molar-refractivity contribution in [3.8, 4) is 0 Å². The molecule has 0 aliphatic rings. The first-order valence-corrected chi connectivity index (χ1v) is 7.21. The number of carbonyl (C=O) groups is 1. The maximum atomic E-state index is 12.1. The number of nitrogens with zero attached hydrogens (tertiary/aromatic N) is 2. The van der Waals surface area contributed by atoms with E-state index in [1.807, 2.05) is 12.3 Å². The molecule has 0 spiro atoms. The number of hydrogen-bond donors (Lipinski definition) is 1. The molecular formula is C13H17N3O2S. The van der Waals surface area contributed by atoms with Crippen LogP contribution in [0.3, 0.4) is 0 Å². The Bertz CT molecular complexity index is 632. The minimum absolute atomic E-state index is 0.0195. The normalized spacial score (nSPS) is 12.5. The van der Waals surface area contributed by atoms with Gasteiger partial charge in [0.05, 0.1) is 11.7 Å². The van der Waals surface area contributed by atoms with E-state index in [0.717, 1.165) is 12.8 Å². The highest BCUT2D eigenvalue weighted by molar-refractivity contribution is 7.16. The third-order valence-electron chi connectivity index (χ3n) is 2.89. The number of fused-ring (bicyclic) bond motifs is 1. The number of nitrogens with one attached hydrogen (secondary N) is 1. The lowest BCUT2D eigenvalue weighted by Crippen LogP contribution is -2.37. The van der Waals surface area contributed by atoms with Gasteiger partial charge in [-0.2, -0.15) is 0 Å².